The molecule has 2 aromatic rings. The summed E-state index contributed by atoms with van der Waals surface area (Å²) in [4.78, 5) is 8.57. The molecule has 1 aromatic carbocycles. The Kier molecular flexibility index (Phi) is 3.96. The van der Waals surface area contributed by atoms with Crippen molar-refractivity contribution in [2.75, 3.05) is 41.7 Å². The van der Waals surface area contributed by atoms with Gasteiger partial charge in [0.2, 0.25) is 0 Å². The number of hydrogen-bond acceptors (Lipinski definition) is 4. The van der Waals surface area contributed by atoms with Crippen molar-refractivity contribution in [3.63, 3.8) is 0 Å². The fraction of sp³-hybridized carbons (Fsp3) is 0.267. The Morgan fingerprint density at radius 1 is 1.00 bits per heavy atom. The van der Waals surface area contributed by atoms with Gasteiger partial charge in [0.15, 0.2) is 0 Å². The average molecular weight is 351 g/mol. The third-order valence-corrected chi connectivity index (χ3v) is 4.27. The molecule has 1 saturated heterocycles. The molecule has 2 N–H and O–H groups in total. The molecule has 0 saturated carbocycles. The summed E-state index contributed by atoms with van der Waals surface area (Å²) in [6.07, 6.45) is 3.44. The maximum absolute atomic E-state index is 13.0. The summed E-state index contributed by atoms with van der Waals surface area (Å²) >= 11 is 3.51. The molecule has 1 aromatic heterocycles. The van der Waals surface area contributed by atoms with E-state index in [1.807, 2.05) is 12.1 Å². The quantitative estimate of drug-likeness (QED) is 0.904. The molecular weight excluding hydrogens is 335 g/mol. The second-order valence-corrected chi connectivity index (χ2v) is 5.86. The van der Waals surface area contributed by atoms with Crippen molar-refractivity contribution < 1.29 is 4.39 Å². The van der Waals surface area contributed by atoms with E-state index in [1.165, 1.54) is 12.1 Å². The van der Waals surface area contributed by atoms with Gasteiger partial charge in [-0.3, -0.25) is 4.98 Å². The van der Waals surface area contributed by atoms with E-state index in [2.05, 4.69) is 30.7 Å². The third-order valence-electron chi connectivity index (χ3n) is 3.69. The van der Waals surface area contributed by atoms with Crippen molar-refractivity contribution in [1.29, 1.82) is 0 Å². The van der Waals surface area contributed by atoms with Gasteiger partial charge in [0.25, 0.3) is 0 Å². The lowest BCUT2D eigenvalue weighted by Gasteiger charge is -2.38. The number of nitrogens with zero attached hydrogens (tertiary/aromatic N) is 3. The molecule has 1 aliphatic rings. The lowest BCUT2D eigenvalue weighted by atomic mass is 10.2. The van der Waals surface area contributed by atoms with Crippen LogP contribution in [0, 0.1) is 5.82 Å². The van der Waals surface area contributed by atoms with E-state index >= 15 is 0 Å². The van der Waals surface area contributed by atoms with Crippen LogP contribution in [0.5, 0.6) is 0 Å². The van der Waals surface area contributed by atoms with Gasteiger partial charge in [0.1, 0.15) is 5.82 Å². The standard InChI is InChI=1S/C15H16BrFN4/c16-13-9-19-10-14(18)15(13)21-7-5-20(6-8-21)12-3-1-11(17)2-4-12/h1-4,9-10H,5-8,18H2. The number of piperazine rings is 1. The van der Waals surface area contributed by atoms with Crippen molar-refractivity contribution in [3.8, 4) is 0 Å². The summed E-state index contributed by atoms with van der Waals surface area (Å²) in [6.45, 7) is 3.48. The molecule has 0 atom stereocenters. The lowest BCUT2D eigenvalue weighted by molar-refractivity contribution is 0.624. The zero-order valence-corrected chi connectivity index (χ0v) is 13.1. The second kappa shape index (κ2) is 5.89. The van der Waals surface area contributed by atoms with Crippen LogP contribution in [0.3, 0.4) is 0 Å². The van der Waals surface area contributed by atoms with E-state index in [4.69, 9.17) is 5.73 Å². The van der Waals surface area contributed by atoms with E-state index in [-0.39, 0.29) is 5.82 Å². The third kappa shape index (κ3) is 2.95. The van der Waals surface area contributed by atoms with Gasteiger partial charge in [0, 0.05) is 38.1 Å². The predicted octanol–water partition coefficient (Wildman–Crippen LogP) is 2.89. The van der Waals surface area contributed by atoms with Gasteiger partial charge >= 0.3 is 0 Å². The number of aromatic nitrogens is 1. The summed E-state index contributed by atoms with van der Waals surface area (Å²) < 4.78 is 13.9. The van der Waals surface area contributed by atoms with E-state index in [1.54, 1.807) is 12.4 Å². The maximum Gasteiger partial charge on any atom is 0.123 e. The van der Waals surface area contributed by atoms with Crippen molar-refractivity contribution in [1.82, 2.24) is 4.98 Å². The first-order valence-corrected chi connectivity index (χ1v) is 7.59. The number of pyridine rings is 1. The number of nitrogen functional groups attached to an aromatic ring is 1. The molecule has 3 rings (SSSR count). The van der Waals surface area contributed by atoms with Gasteiger partial charge in [-0.1, -0.05) is 0 Å². The van der Waals surface area contributed by atoms with Crippen molar-refractivity contribution >= 4 is 33.0 Å². The van der Waals surface area contributed by atoms with Crippen molar-refractivity contribution in [2.24, 2.45) is 0 Å². The Bertz CT molecular complexity index is 604. The molecule has 0 radical (unpaired) electrons. The van der Waals surface area contributed by atoms with Crippen LogP contribution in [-0.4, -0.2) is 31.2 Å². The monoisotopic (exact) mass is 350 g/mol. The highest BCUT2D eigenvalue weighted by molar-refractivity contribution is 9.10. The number of halogens is 2. The van der Waals surface area contributed by atoms with Gasteiger partial charge in [0.05, 0.1) is 22.0 Å². The molecule has 110 valence electrons. The van der Waals surface area contributed by atoms with Crippen LogP contribution >= 0.6 is 15.9 Å². The van der Waals surface area contributed by atoms with Crippen LogP contribution < -0.4 is 15.5 Å². The predicted molar refractivity (Wildman–Crippen MR) is 87.2 cm³/mol. The van der Waals surface area contributed by atoms with Crippen LogP contribution in [0.15, 0.2) is 41.1 Å². The summed E-state index contributed by atoms with van der Waals surface area (Å²) in [5, 5.41) is 0. The molecular formula is C15H16BrFN4. The molecule has 2 heterocycles. The van der Waals surface area contributed by atoms with E-state index in [9.17, 15) is 4.39 Å². The summed E-state index contributed by atoms with van der Waals surface area (Å²) in [6, 6.07) is 6.64. The van der Waals surface area contributed by atoms with Gasteiger partial charge in [-0.2, -0.15) is 0 Å². The van der Waals surface area contributed by atoms with Crippen LogP contribution in [0.1, 0.15) is 0 Å². The number of nitrogens with two attached hydrogens (primary N) is 1. The minimum atomic E-state index is -0.203. The molecule has 6 heteroatoms. The van der Waals surface area contributed by atoms with Gasteiger partial charge in [-0.25, -0.2) is 4.39 Å². The van der Waals surface area contributed by atoms with Crippen molar-refractivity contribution in [2.45, 2.75) is 0 Å². The topological polar surface area (TPSA) is 45.4 Å². The number of benzene rings is 1. The highest BCUT2D eigenvalue weighted by atomic mass is 79.9. The van der Waals surface area contributed by atoms with Gasteiger partial charge in [-0.15, -0.1) is 0 Å². The Balaban J connectivity index is 1.72. The second-order valence-electron chi connectivity index (χ2n) is 5.01. The molecule has 0 amide bonds. The van der Waals surface area contributed by atoms with Crippen LogP contribution in [0.25, 0.3) is 0 Å². The number of anilines is 3. The zero-order chi connectivity index (χ0) is 14.8. The van der Waals surface area contributed by atoms with Gasteiger partial charge < -0.3 is 15.5 Å². The summed E-state index contributed by atoms with van der Waals surface area (Å²) in [5.41, 5.74) is 8.76. The fourth-order valence-corrected chi connectivity index (χ4v) is 3.21. The first-order chi connectivity index (χ1) is 10.1. The van der Waals surface area contributed by atoms with Gasteiger partial charge in [-0.05, 0) is 40.2 Å². The highest BCUT2D eigenvalue weighted by Gasteiger charge is 2.20. The molecule has 21 heavy (non-hydrogen) atoms. The molecule has 0 spiro atoms. The maximum atomic E-state index is 13.0. The molecule has 0 aliphatic carbocycles. The minimum absolute atomic E-state index is 0.203. The Labute approximate surface area is 131 Å². The van der Waals surface area contributed by atoms with Crippen LogP contribution in [0.2, 0.25) is 0 Å². The van der Waals surface area contributed by atoms with E-state index in [0.717, 1.165) is 42.0 Å². The number of hydrogen-bond donors (Lipinski definition) is 1. The largest absolute Gasteiger partial charge is 0.396 e. The summed E-state index contributed by atoms with van der Waals surface area (Å²) in [5.74, 6) is -0.203. The average Bonchev–Trinajstić information content (AvgIpc) is 2.49. The Morgan fingerprint density at radius 2 is 1.62 bits per heavy atom. The molecule has 1 fully saturated rings. The first kappa shape index (κ1) is 14.1. The lowest BCUT2D eigenvalue weighted by Crippen LogP contribution is -2.46. The number of rotatable bonds is 2. The normalized spacial score (nSPS) is 15.3. The Hall–Kier alpha value is -1.82. The highest BCUT2D eigenvalue weighted by Crippen LogP contribution is 2.32. The van der Waals surface area contributed by atoms with E-state index in [0.29, 0.717) is 5.69 Å². The molecule has 4 nitrogen and oxygen atoms in total. The van der Waals surface area contributed by atoms with Crippen molar-refractivity contribution in [3.05, 3.63) is 46.9 Å². The first-order valence-electron chi connectivity index (χ1n) is 6.79. The molecule has 0 bridgehead atoms. The smallest absolute Gasteiger partial charge is 0.123 e. The fourth-order valence-electron chi connectivity index (χ4n) is 2.62. The Morgan fingerprint density at radius 3 is 2.24 bits per heavy atom. The van der Waals surface area contributed by atoms with Crippen LogP contribution in [0.4, 0.5) is 21.5 Å². The zero-order valence-electron chi connectivity index (χ0n) is 11.5. The van der Waals surface area contributed by atoms with Crippen LogP contribution in [-0.2, 0) is 0 Å². The molecule has 1 aliphatic heterocycles. The van der Waals surface area contributed by atoms with E-state index < -0.39 is 0 Å². The molecule has 0 unspecified atom stereocenters. The SMILES string of the molecule is Nc1cncc(Br)c1N1CCN(c2ccc(F)cc2)CC1. The minimum Gasteiger partial charge on any atom is -0.396 e. The summed E-state index contributed by atoms with van der Waals surface area (Å²) in [7, 11) is 0.